The van der Waals surface area contributed by atoms with Crippen LogP contribution in [0.4, 0.5) is 4.79 Å². The van der Waals surface area contributed by atoms with Crippen LogP contribution in [0.15, 0.2) is 24.3 Å². The van der Waals surface area contributed by atoms with Gasteiger partial charge in [-0.05, 0) is 50.3 Å². The van der Waals surface area contributed by atoms with E-state index in [0.29, 0.717) is 12.6 Å². The summed E-state index contributed by atoms with van der Waals surface area (Å²) in [4.78, 5) is 31.3. The Morgan fingerprint density at radius 2 is 1.78 bits per heavy atom. The summed E-state index contributed by atoms with van der Waals surface area (Å²) in [7, 11) is 3.26. The average molecular weight is 373 g/mol. The second-order valence-electron chi connectivity index (χ2n) is 7.72. The van der Waals surface area contributed by atoms with Crippen molar-refractivity contribution in [2.75, 3.05) is 33.8 Å². The fraction of sp³-hybridized carbons (Fsp3) is 0.619. The maximum Gasteiger partial charge on any atom is 0.327 e. The molecule has 2 aliphatic heterocycles. The number of hydrogen-bond donors (Lipinski definition) is 0. The molecule has 1 aromatic carbocycles. The molecule has 1 aromatic rings. The normalized spacial score (nSPS) is 21.2. The zero-order valence-electron chi connectivity index (χ0n) is 16.9. The number of rotatable bonds is 6. The summed E-state index contributed by atoms with van der Waals surface area (Å²) in [6.45, 7) is 6.70. The first-order valence-electron chi connectivity index (χ1n) is 9.89. The Morgan fingerprint density at radius 3 is 2.33 bits per heavy atom. The van der Waals surface area contributed by atoms with Crippen LogP contribution in [0.3, 0.4) is 0 Å². The van der Waals surface area contributed by atoms with Crippen LogP contribution in [0.1, 0.15) is 38.7 Å². The number of urea groups is 1. The zero-order chi connectivity index (χ0) is 19.6. The van der Waals surface area contributed by atoms with Crippen LogP contribution in [0, 0.1) is 0 Å². The molecule has 6 heteroatoms. The highest BCUT2D eigenvalue weighted by atomic mass is 16.5. The van der Waals surface area contributed by atoms with Gasteiger partial charge < -0.3 is 14.5 Å². The van der Waals surface area contributed by atoms with Crippen molar-refractivity contribution in [2.24, 2.45) is 0 Å². The van der Waals surface area contributed by atoms with Crippen LogP contribution < -0.4 is 4.74 Å². The summed E-state index contributed by atoms with van der Waals surface area (Å²) in [6, 6.07) is 8.25. The van der Waals surface area contributed by atoms with Gasteiger partial charge in [0.05, 0.1) is 7.11 Å². The van der Waals surface area contributed by atoms with Crippen molar-refractivity contribution < 1.29 is 14.3 Å². The summed E-state index contributed by atoms with van der Waals surface area (Å²) in [5.74, 6) is 0.783. The number of nitrogens with zero attached hydrogens (tertiary/aromatic N) is 3. The minimum Gasteiger partial charge on any atom is -0.497 e. The van der Waals surface area contributed by atoms with Crippen molar-refractivity contribution in [1.82, 2.24) is 14.7 Å². The number of hydrogen-bond acceptors (Lipinski definition) is 4. The van der Waals surface area contributed by atoms with Crippen LogP contribution >= 0.6 is 0 Å². The molecular formula is C21H31N3O3. The molecule has 1 atom stereocenters. The van der Waals surface area contributed by atoms with Gasteiger partial charge in [0, 0.05) is 32.7 Å². The fourth-order valence-corrected chi connectivity index (χ4v) is 4.30. The van der Waals surface area contributed by atoms with Gasteiger partial charge in [-0.2, -0.15) is 0 Å². The number of carbonyl (C=O) groups excluding carboxylic acids is 2. The Kier molecular flexibility index (Phi) is 5.75. The lowest BCUT2D eigenvalue weighted by atomic mass is 9.85. The van der Waals surface area contributed by atoms with Gasteiger partial charge in [0.1, 0.15) is 11.3 Å². The highest BCUT2D eigenvalue weighted by molar-refractivity contribution is 6.06. The summed E-state index contributed by atoms with van der Waals surface area (Å²) in [6.07, 6.45) is 3.26. The molecular weight excluding hydrogens is 342 g/mol. The summed E-state index contributed by atoms with van der Waals surface area (Å²) < 4.78 is 5.20. The first-order chi connectivity index (χ1) is 12.9. The molecule has 6 nitrogen and oxygen atoms in total. The van der Waals surface area contributed by atoms with Crippen molar-refractivity contribution >= 4 is 11.9 Å². The predicted molar refractivity (Wildman–Crippen MR) is 105 cm³/mol. The van der Waals surface area contributed by atoms with Gasteiger partial charge in [-0.25, -0.2) is 4.79 Å². The lowest BCUT2D eigenvalue weighted by Gasteiger charge is -2.44. The Bertz CT molecular complexity index is 680. The molecule has 2 fully saturated rings. The van der Waals surface area contributed by atoms with Gasteiger partial charge >= 0.3 is 6.03 Å². The van der Waals surface area contributed by atoms with E-state index in [2.05, 4.69) is 18.7 Å². The largest absolute Gasteiger partial charge is 0.497 e. The molecule has 2 aliphatic rings. The highest BCUT2D eigenvalue weighted by Gasteiger charge is 2.56. The van der Waals surface area contributed by atoms with E-state index in [1.165, 1.54) is 4.90 Å². The number of amides is 3. The number of likely N-dealkylation sites (N-methyl/N-ethyl adjacent to an activating group) is 1. The Morgan fingerprint density at radius 1 is 1.15 bits per heavy atom. The van der Waals surface area contributed by atoms with Gasteiger partial charge in [-0.1, -0.05) is 19.1 Å². The third-order valence-electron chi connectivity index (χ3n) is 6.36. The smallest absolute Gasteiger partial charge is 0.327 e. The number of carbonyl (C=O) groups is 2. The van der Waals surface area contributed by atoms with Gasteiger partial charge in [0.25, 0.3) is 5.91 Å². The Hall–Kier alpha value is -2.08. The van der Waals surface area contributed by atoms with E-state index in [0.717, 1.165) is 50.1 Å². The second kappa shape index (κ2) is 7.89. The Balaban J connectivity index is 1.73. The lowest BCUT2D eigenvalue weighted by molar-refractivity contribution is -0.135. The van der Waals surface area contributed by atoms with E-state index in [-0.39, 0.29) is 11.9 Å². The van der Waals surface area contributed by atoms with E-state index in [9.17, 15) is 9.59 Å². The molecule has 1 spiro atoms. The van der Waals surface area contributed by atoms with Gasteiger partial charge in [-0.3, -0.25) is 9.69 Å². The molecule has 0 aliphatic carbocycles. The standard InChI is InChI=1S/C21H31N3O3/c1-5-16(2)23-14-11-21(12-15-23)19(25)22(3)20(26)24(21)13-10-17-6-8-18(27-4)9-7-17/h6-9,16H,5,10-15H2,1-4H3/t16-/m1/s1. The molecule has 2 heterocycles. The number of imide groups is 1. The maximum absolute atomic E-state index is 13.0. The van der Waals surface area contributed by atoms with Crippen molar-refractivity contribution in [3.8, 4) is 5.75 Å². The minimum absolute atomic E-state index is 0.0361. The number of likely N-dealkylation sites (tertiary alicyclic amines) is 1. The molecule has 0 N–H and O–H groups in total. The molecule has 0 saturated carbocycles. The fourth-order valence-electron chi connectivity index (χ4n) is 4.30. The summed E-state index contributed by atoms with van der Waals surface area (Å²) in [5.41, 5.74) is 0.472. The minimum atomic E-state index is -0.664. The third-order valence-corrected chi connectivity index (χ3v) is 6.36. The van der Waals surface area contributed by atoms with Crippen molar-refractivity contribution in [2.45, 2.75) is 51.1 Å². The molecule has 27 heavy (non-hydrogen) atoms. The zero-order valence-corrected chi connectivity index (χ0v) is 16.9. The van der Waals surface area contributed by atoms with E-state index in [1.54, 1.807) is 14.2 Å². The third kappa shape index (κ3) is 3.55. The van der Waals surface area contributed by atoms with Crippen LogP contribution in [0.5, 0.6) is 5.75 Å². The van der Waals surface area contributed by atoms with Crippen molar-refractivity contribution in [3.63, 3.8) is 0 Å². The molecule has 0 unspecified atom stereocenters. The summed E-state index contributed by atoms with van der Waals surface area (Å²) in [5, 5.41) is 0. The predicted octanol–water partition coefficient (Wildman–Crippen LogP) is 2.76. The first kappa shape index (κ1) is 19.7. The van der Waals surface area contributed by atoms with E-state index in [4.69, 9.17) is 4.74 Å². The van der Waals surface area contributed by atoms with Crippen LogP contribution in [-0.4, -0.2) is 72.0 Å². The van der Waals surface area contributed by atoms with E-state index in [1.807, 2.05) is 29.2 Å². The highest BCUT2D eigenvalue weighted by Crippen LogP contribution is 2.37. The maximum atomic E-state index is 13.0. The van der Waals surface area contributed by atoms with E-state index >= 15 is 0 Å². The number of ether oxygens (including phenoxy) is 1. The van der Waals surface area contributed by atoms with Crippen LogP contribution in [-0.2, 0) is 11.2 Å². The topological polar surface area (TPSA) is 53.1 Å². The molecule has 3 rings (SSSR count). The van der Waals surface area contributed by atoms with Gasteiger partial charge in [0.2, 0.25) is 0 Å². The van der Waals surface area contributed by atoms with Crippen molar-refractivity contribution in [1.29, 1.82) is 0 Å². The molecule has 0 aromatic heterocycles. The second-order valence-corrected chi connectivity index (χ2v) is 7.72. The number of benzene rings is 1. The quantitative estimate of drug-likeness (QED) is 0.720. The number of piperidine rings is 1. The monoisotopic (exact) mass is 373 g/mol. The molecule has 0 radical (unpaired) electrons. The van der Waals surface area contributed by atoms with Gasteiger partial charge in [-0.15, -0.1) is 0 Å². The molecule has 3 amide bonds. The van der Waals surface area contributed by atoms with E-state index < -0.39 is 5.54 Å². The Labute approximate surface area is 162 Å². The summed E-state index contributed by atoms with van der Waals surface area (Å²) >= 11 is 0. The number of methoxy groups -OCH3 is 1. The molecule has 148 valence electrons. The SMILES string of the molecule is CC[C@@H](C)N1CCC2(CC1)C(=O)N(C)C(=O)N2CCc1ccc(OC)cc1. The van der Waals surface area contributed by atoms with Crippen LogP contribution in [0.25, 0.3) is 0 Å². The molecule has 0 bridgehead atoms. The first-order valence-corrected chi connectivity index (χ1v) is 9.89. The average Bonchev–Trinajstić information content (AvgIpc) is 2.88. The molecule has 2 saturated heterocycles. The lowest BCUT2D eigenvalue weighted by Crippen LogP contribution is -2.58. The van der Waals surface area contributed by atoms with Crippen LogP contribution in [0.2, 0.25) is 0 Å². The van der Waals surface area contributed by atoms with Gasteiger partial charge in [0.15, 0.2) is 0 Å². The van der Waals surface area contributed by atoms with Crippen molar-refractivity contribution in [3.05, 3.63) is 29.8 Å².